The van der Waals surface area contributed by atoms with Gasteiger partial charge in [-0.2, -0.15) is 0 Å². The molecule has 7 nitrogen and oxygen atoms in total. The highest BCUT2D eigenvalue weighted by molar-refractivity contribution is 5.97. The summed E-state index contributed by atoms with van der Waals surface area (Å²) in [6.07, 6.45) is 0. The minimum Gasteiger partial charge on any atom is -0.467 e. The summed E-state index contributed by atoms with van der Waals surface area (Å²) in [6.45, 7) is 3.42. The number of methoxy groups -OCH3 is 2. The largest absolute Gasteiger partial charge is 0.467 e. The molecule has 0 aliphatic heterocycles. The molecule has 0 unspecified atom stereocenters. The van der Waals surface area contributed by atoms with E-state index >= 15 is 0 Å². The number of rotatable bonds is 13. The van der Waals surface area contributed by atoms with Gasteiger partial charge in [0.05, 0.1) is 32.0 Å². The predicted octanol–water partition coefficient (Wildman–Crippen LogP) is 1.89. The molecule has 0 aliphatic rings. The Bertz CT molecular complexity index is 462. The summed E-state index contributed by atoms with van der Waals surface area (Å²) in [5.41, 5.74) is 0.466. The summed E-state index contributed by atoms with van der Waals surface area (Å²) in [5.74, 6) is 0.850. The molecule has 0 saturated carbocycles. The van der Waals surface area contributed by atoms with Crippen molar-refractivity contribution < 1.29 is 33.2 Å². The molecule has 0 saturated heterocycles. The average molecular weight is 328 g/mol. The van der Waals surface area contributed by atoms with Crippen LogP contribution in [0, 0.1) is 0 Å². The van der Waals surface area contributed by atoms with Crippen LogP contribution in [0.3, 0.4) is 0 Å². The summed E-state index contributed by atoms with van der Waals surface area (Å²) in [5, 5.41) is 0. The molecule has 0 heterocycles. The van der Waals surface area contributed by atoms with E-state index in [0.29, 0.717) is 43.5 Å². The number of hydrogen-bond donors (Lipinski definition) is 0. The third-order valence-electron chi connectivity index (χ3n) is 2.80. The van der Waals surface area contributed by atoms with Crippen LogP contribution in [0.2, 0.25) is 0 Å². The maximum atomic E-state index is 11.6. The molecule has 0 fully saturated rings. The first-order valence-corrected chi connectivity index (χ1v) is 7.23. The third kappa shape index (κ3) is 7.94. The Balaban J connectivity index is 2.54. The fourth-order valence-electron chi connectivity index (χ4n) is 1.62. The van der Waals surface area contributed by atoms with E-state index in [1.165, 1.54) is 6.92 Å². The average Bonchev–Trinajstić information content (AvgIpc) is 2.54. The molecule has 1 aromatic rings. The third-order valence-corrected chi connectivity index (χ3v) is 2.80. The summed E-state index contributed by atoms with van der Waals surface area (Å²) >= 11 is 0. The second-order valence-corrected chi connectivity index (χ2v) is 4.54. The Hall–Kier alpha value is -1.67. The summed E-state index contributed by atoms with van der Waals surface area (Å²) in [7, 11) is 3.19. The number of benzene rings is 1. The number of carbonyl (C=O) groups is 1. The quantitative estimate of drug-likeness (QED) is 0.311. The fourth-order valence-corrected chi connectivity index (χ4v) is 1.62. The van der Waals surface area contributed by atoms with Crippen LogP contribution in [0.5, 0.6) is 11.5 Å². The van der Waals surface area contributed by atoms with Gasteiger partial charge in [-0.3, -0.25) is 4.79 Å². The van der Waals surface area contributed by atoms with Gasteiger partial charge in [0.2, 0.25) is 0 Å². The topological polar surface area (TPSA) is 72.5 Å². The van der Waals surface area contributed by atoms with Gasteiger partial charge >= 0.3 is 0 Å². The molecule has 0 N–H and O–H groups in total. The minimum absolute atomic E-state index is 0.0252. The van der Waals surface area contributed by atoms with Crippen LogP contribution in [-0.2, 0) is 18.9 Å². The molecule has 0 aliphatic carbocycles. The van der Waals surface area contributed by atoms with Gasteiger partial charge in [-0.05, 0) is 19.1 Å². The summed E-state index contributed by atoms with van der Waals surface area (Å²) < 4.78 is 31.1. The van der Waals surface area contributed by atoms with E-state index in [-0.39, 0.29) is 19.4 Å². The van der Waals surface area contributed by atoms with Gasteiger partial charge in [0.25, 0.3) is 0 Å². The molecule has 0 aromatic heterocycles. The molecule has 1 aromatic carbocycles. The van der Waals surface area contributed by atoms with Crippen LogP contribution in [-0.4, -0.2) is 60.0 Å². The number of ether oxygens (including phenoxy) is 6. The Morgan fingerprint density at radius 2 is 1.52 bits per heavy atom. The lowest BCUT2D eigenvalue weighted by molar-refractivity contribution is -0.0118. The highest BCUT2D eigenvalue weighted by Gasteiger charge is 2.10. The van der Waals surface area contributed by atoms with Gasteiger partial charge in [0.15, 0.2) is 19.4 Å². The number of hydrogen-bond acceptors (Lipinski definition) is 7. The highest BCUT2D eigenvalue weighted by Crippen LogP contribution is 2.25. The first-order valence-electron chi connectivity index (χ1n) is 7.23. The smallest absolute Gasteiger partial charge is 0.189 e. The van der Waals surface area contributed by atoms with Gasteiger partial charge in [0.1, 0.15) is 11.5 Å². The zero-order valence-corrected chi connectivity index (χ0v) is 13.8. The van der Waals surface area contributed by atoms with Crippen LogP contribution >= 0.6 is 0 Å². The van der Waals surface area contributed by atoms with E-state index in [9.17, 15) is 4.79 Å². The minimum atomic E-state index is -0.0974. The van der Waals surface area contributed by atoms with Crippen molar-refractivity contribution in [3.63, 3.8) is 0 Å². The van der Waals surface area contributed by atoms with Crippen molar-refractivity contribution in [3.8, 4) is 11.5 Å². The molecular weight excluding hydrogens is 304 g/mol. The molecule has 0 bridgehead atoms. The summed E-state index contributed by atoms with van der Waals surface area (Å²) in [6, 6.07) is 4.97. The molecule has 0 radical (unpaired) electrons. The van der Waals surface area contributed by atoms with Gasteiger partial charge < -0.3 is 28.4 Å². The standard InChI is InChI=1S/C16H24O7/c1-13(17)15-5-4-14(22-11-20-8-6-18-2)10-16(15)23-12-21-9-7-19-3/h4-5,10H,6-9,11-12H2,1-3H3. The van der Waals surface area contributed by atoms with Crippen LogP contribution < -0.4 is 9.47 Å². The Morgan fingerprint density at radius 1 is 0.913 bits per heavy atom. The van der Waals surface area contributed by atoms with Gasteiger partial charge in [-0.15, -0.1) is 0 Å². The molecule has 0 amide bonds. The number of Topliss-reactive ketones (excluding diaryl/α,β-unsaturated/α-hetero) is 1. The van der Waals surface area contributed by atoms with Crippen molar-refractivity contribution in [2.75, 3.05) is 54.2 Å². The van der Waals surface area contributed by atoms with Crippen molar-refractivity contribution in [1.29, 1.82) is 0 Å². The maximum Gasteiger partial charge on any atom is 0.189 e. The first-order chi connectivity index (χ1) is 11.2. The first kappa shape index (κ1) is 19.4. The van der Waals surface area contributed by atoms with Crippen molar-refractivity contribution in [3.05, 3.63) is 23.8 Å². The lowest BCUT2D eigenvalue weighted by atomic mass is 10.1. The second-order valence-electron chi connectivity index (χ2n) is 4.54. The molecule has 130 valence electrons. The van der Waals surface area contributed by atoms with Crippen molar-refractivity contribution in [2.45, 2.75) is 6.92 Å². The monoisotopic (exact) mass is 328 g/mol. The van der Waals surface area contributed by atoms with E-state index < -0.39 is 0 Å². The van der Waals surface area contributed by atoms with E-state index in [1.807, 2.05) is 0 Å². The van der Waals surface area contributed by atoms with E-state index in [4.69, 9.17) is 28.4 Å². The zero-order chi connectivity index (χ0) is 16.9. The molecule has 1 rings (SSSR count). The predicted molar refractivity (Wildman–Crippen MR) is 83.1 cm³/mol. The van der Waals surface area contributed by atoms with Crippen LogP contribution in [0.4, 0.5) is 0 Å². The number of carbonyl (C=O) groups excluding carboxylic acids is 1. The molecule has 23 heavy (non-hydrogen) atoms. The molecule has 0 atom stereocenters. The van der Waals surface area contributed by atoms with Gasteiger partial charge in [-0.25, -0.2) is 0 Å². The van der Waals surface area contributed by atoms with Crippen LogP contribution in [0.15, 0.2) is 18.2 Å². The van der Waals surface area contributed by atoms with Crippen LogP contribution in [0.25, 0.3) is 0 Å². The van der Waals surface area contributed by atoms with Gasteiger partial charge in [0, 0.05) is 20.3 Å². The van der Waals surface area contributed by atoms with E-state index in [2.05, 4.69) is 0 Å². The lowest BCUT2D eigenvalue weighted by Gasteiger charge is -2.13. The molecule has 7 heteroatoms. The number of ketones is 1. The van der Waals surface area contributed by atoms with Gasteiger partial charge in [-0.1, -0.05) is 0 Å². The highest BCUT2D eigenvalue weighted by atomic mass is 16.7. The van der Waals surface area contributed by atoms with E-state index in [1.54, 1.807) is 32.4 Å². The zero-order valence-electron chi connectivity index (χ0n) is 13.8. The SMILES string of the molecule is COCCOCOc1ccc(C(C)=O)c(OCOCCOC)c1. The Labute approximate surface area is 136 Å². The van der Waals surface area contributed by atoms with E-state index in [0.717, 1.165) is 0 Å². The maximum absolute atomic E-state index is 11.6. The van der Waals surface area contributed by atoms with Crippen LogP contribution in [0.1, 0.15) is 17.3 Å². The summed E-state index contributed by atoms with van der Waals surface area (Å²) in [4.78, 5) is 11.6. The second kappa shape index (κ2) is 11.8. The Morgan fingerprint density at radius 3 is 2.09 bits per heavy atom. The molecule has 0 spiro atoms. The lowest BCUT2D eigenvalue weighted by Crippen LogP contribution is -2.10. The van der Waals surface area contributed by atoms with Crippen molar-refractivity contribution in [2.24, 2.45) is 0 Å². The normalized spacial score (nSPS) is 10.6. The molecular formula is C16H24O7. The fraction of sp³-hybridized carbons (Fsp3) is 0.562. The Kier molecular flexibility index (Phi) is 9.97. The van der Waals surface area contributed by atoms with Crippen molar-refractivity contribution >= 4 is 5.78 Å². The van der Waals surface area contributed by atoms with Crippen molar-refractivity contribution in [1.82, 2.24) is 0 Å².